The molecule has 0 aliphatic carbocycles. The first-order chi connectivity index (χ1) is 13.5. The molecular formula is C21H36N4O3S. The summed E-state index contributed by atoms with van der Waals surface area (Å²) in [4.78, 5) is 17.4. The smallest absolute Gasteiger partial charge is 0.243 e. The average molecular weight is 425 g/mol. The predicted molar refractivity (Wildman–Crippen MR) is 116 cm³/mol. The molecule has 1 atom stereocenters. The first-order valence-electron chi connectivity index (χ1n) is 10.2. The largest absolute Gasteiger partial charge is 0.353 e. The van der Waals surface area contributed by atoms with E-state index in [1.165, 1.54) is 7.05 Å². The number of sulfonamides is 1. The molecule has 29 heavy (non-hydrogen) atoms. The van der Waals surface area contributed by atoms with Gasteiger partial charge in [0.05, 0.1) is 11.4 Å². The minimum absolute atomic E-state index is 0.192. The highest BCUT2D eigenvalue weighted by Gasteiger charge is 2.27. The van der Waals surface area contributed by atoms with Gasteiger partial charge in [0, 0.05) is 45.8 Å². The van der Waals surface area contributed by atoms with Crippen molar-refractivity contribution in [3.05, 3.63) is 29.3 Å². The maximum atomic E-state index is 12.8. The van der Waals surface area contributed by atoms with E-state index >= 15 is 0 Å². The molecule has 0 bridgehead atoms. The molecule has 1 aliphatic rings. The molecule has 1 fully saturated rings. The van der Waals surface area contributed by atoms with Crippen molar-refractivity contribution in [2.75, 3.05) is 53.4 Å². The van der Waals surface area contributed by atoms with E-state index in [0.29, 0.717) is 12.5 Å². The molecule has 1 saturated heterocycles. The number of rotatable bonds is 8. The molecule has 2 rings (SSSR count). The molecule has 1 aromatic rings. The number of benzene rings is 1. The van der Waals surface area contributed by atoms with Crippen LogP contribution in [-0.2, 0) is 14.8 Å². The average Bonchev–Trinajstić information content (AvgIpc) is 2.65. The van der Waals surface area contributed by atoms with Crippen molar-refractivity contribution in [2.24, 2.45) is 5.92 Å². The van der Waals surface area contributed by atoms with Crippen LogP contribution in [0.5, 0.6) is 0 Å². The van der Waals surface area contributed by atoms with E-state index in [-0.39, 0.29) is 23.4 Å². The van der Waals surface area contributed by atoms with Gasteiger partial charge in [0.1, 0.15) is 0 Å². The molecule has 1 aliphatic heterocycles. The van der Waals surface area contributed by atoms with Crippen LogP contribution >= 0.6 is 0 Å². The fourth-order valence-corrected chi connectivity index (χ4v) is 4.77. The number of carbonyl (C=O) groups is 1. The third kappa shape index (κ3) is 6.25. The molecule has 0 radical (unpaired) electrons. The van der Waals surface area contributed by atoms with Crippen LogP contribution in [0.3, 0.4) is 0 Å². The second-order valence-electron chi connectivity index (χ2n) is 8.46. The lowest BCUT2D eigenvalue weighted by molar-refractivity contribution is -0.121. The lowest BCUT2D eigenvalue weighted by Crippen LogP contribution is -2.54. The highest BCUT2D eigenvalue weighted by molar-refractivity contribution is 7.89. The fourth-order valence-electron chi connectivity index (χ4n) is 3.56. The Morgan fingerprint density at radius 3 is 2.31 bits per heavy atom. The van der Waals surface area contributed by atoms with Crippen LogP contribution < -0.4 is 5.32 Å². The predicted octanol–water partition coefficient (Wildman–Crippen LogP) is 1.31. The lowest BCUT2D eigenvalue weighted by Gasteiger charge is -2.40. The van der Waals surface area contributed by atoms with Crippen LogP contribution in [0.25, 0.3) is 0 Å². The fraction of sp³-hybridized carbons (Fsp3) is 0.667. The topological polar surface area (TPSA) is 73.0 Å². The van der Waals surface area contributed by atoms with Crippen molar-refractivity contribution in [3.8, 4) is 0 Å². The summed E-state index contributed by atoms with van der Waals surface area (Å²) in [5.41, 5.74) is 1.95. The summed E-state index contributed by atoms with van der Waals surface area (Å²) in [5, 5.41) is 2.95. The molecule has 1 amide bonds. The van der Waals surface area contributed by atoms with Crippen LogP contribution in [0.4, 0.5) is 0 Å². The maximum absolute atomic E-state index is 12.8. The number of nitrogens with one attached hydrogen (secondary N) is 1. The summed E-state index contributed by atoms with van der Waals surface area (Å²) >= 11 is 0. The molecule has 0 saturated carbocycles. The van der Waals surface area contributed by atoms with Gasteiger partial charge >= 0.3 is 0 Å². The zero-order valence-electron chi connectivity index (χ0n) is 18.6. The van der Waals surface area contributed by atoms with E-state index in [1.54, 1.807) is 18.2 Å². The van der Waals surface area contributed by atoms with Gasteiger partial charge in [0.15, 0.2) is 0 Å². The van der Waals surface area contributed by atoms with Gasteiger partial charge < -0.3 is 10.2 Å². The molecule has 1 N–H and O–H groups in total. The van der Waals surface area contributed by atoms with Gasteiger partial charge in [-0.25, -0.2) is 8.42 Å². The van der Waals surface area contributed by atoms with Gasteiger partial charge in [0.25, 0.3) is 0 Å². The van der Waals surface area contributed by atoms with Gasteiger partial charge in [0.2, 0.25) is 15.9 Å². The molecule has 7 nitrogen and oxygen atoms in total. The van der Waals surface area contributed by atoms with Crippen LogP contribution in [-0.4, -0.2) is 87.8 Å². The second-order valence-corrected chi connectivity index (χ2v) is 10.5. The highest BCUT2D eigenvalue weighted by atomic mass is 32.2. The van der Waals surface area contributed by atoms with Crippen molar-refractivity contribution in [3.63, 3.8) is 0 Å². The van der Waals surface area contributed by atoms with E-state index in [2.05, 4.69) is 36.0 Å². The Kier molecular flexibility index (Phi) is 8.22. The molecule has 1 unspecified atom stereocenters. The minimum Gasteiger partial charge on any atom is -0.353 e. The van der Waals surface area contributed by atoms with Crippen LogP contribution in [0.15, 0.2) is 23.1 Å². The van der Waals surface area contributed by atoms with Crippen molar-refractivity contribution >= 4 is 15.9 Å². The van der Waals surface area contributed by atoms with Crippen molar-refractivity contribution in [1.82, 2.24) is 19.4 Å². The van der Waals surface area contributed by atoms with Gasteiger partial charge in [-0.2, -0.15) is 4.31 Å². The van der Waals surface area contributed by atoms with Crippen molar-refractivity contribution in [1.29, 1.82) is 0 Å². The van der Waals surface area contributed by atoms with Gasteiger partial charge in [-0.05, 0) is 50.1 Å². The van der Waals surface area contributed by atoms with Crippen molar-refractivity contribution < 1.29 is 13.2 Å². The van der Waals surface area contributed by atoms with E-state index in [0.717, 1.165) is 41.6 Å². The molecule has 0 spiro atoms. The third-order valence-electron chi connectivity index (χ3n) is 5.84. The first kappa shape index (κ1) is 23.8. The Balaban J connectivity index is 1.95. The number of carbonyl (C=O) groups excluding carboxylic acids is 1. The number of amides is 1. The number of hydrogen-bond acceptors (Lipinski definition) is 5. The van der Waals surface area contributed by atoms with Crippen LogP contribution in [0.2, 0.25) is 0 Å². The molecule has 1 aromatic carbocycles. The van der Waals surface area contributed by atoms with Crippen molar-refractivity contribution in [2.45, 2.75) is 38.6 Å². The summed E-state index contributed by atoms with van der Waals surface area (Å²) in [6.45, 7) is 12.5. The quantitative estimate of drug-likeness (QED) is 0.681. The summed E-state index contributed by atoms with van der Waals surface area (Å²) in [6.07, 6.45) is 0. The monoisotopic (exact) mass is 424 g/mol. The van der Waals surface area contributed by atoms with Crippen LogP contribution in [0, 0.1) is 19.8 Å². The molecular weight excluding hydrogens is 388 g/mol. The number of nitrogens with zero attached hydrogens (tertiary/aromatic N) is 3. The Bertz CT molecular complexity index is 802. The minimum atomic E-state index is -3.70. The Morgan fingerprint density at radius 1 is 1.14 bits per heavy atom. The first-order valence-corrected chi connectivity index (χ1v) is 11.7. The van der Waals surface area contributed by atoms with Gasteiger partial charge in [-0.1, -0.05) is 19.9 Å². The number of piperazine rings is 1. The molecule has 0 aromatic heterocycles. The summed E-state index contributed by atoms with van der Waals surface area (Å²) in [5.74, 6) is 0.121. The molecule has 8 heteroatoms. The van der Waals surface area contributed by atoms with E-state index in [4.69, 9.17) is 0 Å². The van der Waals surface area contributed by atoms with Gasteiger partial charge in [-0.15, -0.1) is 0 Å². The third-order valence-corrected chi connectivity index (χ3v) is 7.64. The Labute approximate surface area is 176 Å². The number of likely N-dealkylation sites (N-methyl/N-ethyl adjacent to an activating group) is 2. The van der Waals surface area contributed by atoms with E-state index in [1.807, 2.05) is 13.8 Å². The molecule has 1 heterocycles. The van der Waals surface area contributed by atoms with E-state index < -0.39 is 10.0 Å². The van der Waals surface area contributed by atoms with Gasteiger partial charge in [-0.3, -0.25) is 9.69 Å². The zero-order valence-corrected chi connectivity index (χ0v) is 19.4. The maximum Gasteiger partial charge on any atom is 0.243 e. The number of aryl methyl sites for hydroxylation is 2. The highest BCUT2D eigenvalue weighted by Crippen LogP contribution is 2.18. The standard InChI is InChI=1S/C21H36N4O3S/c1-16(2)20(25-11-9-23(5)10-12-25)14-22-21(26)15-24(6)29(27,28)19-8-7-17(3)18(4)13-19/h7-8,13,16,20H,9-12,14-15H2,1-6H3,(H,22,26). The summed E-state index contributed by atoms with van der Waals surface area (Å²) in [7, 11) is -0.129. The van der Waals surface area contributed by atoms with Crippen LogP contribution in [0.1, 0.15) is 25.0 Å². The Hall–Kier alpha value is -1.48. The van der Waals surface area contributed by atoms with E-state index in [9.17, 15) is 13.2 Å². The normalized spacial score (nSPS) is 17.7. The SMILES string of the molecule is Cc1ccc(S(=O)(=O)N(C)CC(=O)NCC(C(C)C)N2CCN(C)CC2)cc1C. The summed E-state index contributed by atoms with van der Waals surface area (Å²) in [6, 6.07) is 5.28. The second kappa shape index (κ2) is 10.0. The zero-order chi connectivity index (χ0) is 21.8. The molecule has 164 valence electrons. The number of hydrogen-bond donors (Lipinski definition) is 1. The Morgan fingerprint density at radius 2 is 1.76 bits per heavy atom. The lowest BCUT2D eigenvalue weighted by atomic mass is 10.0. The summed E-state index contributed by atoms with van der Waals surface area (Å²) < 4.78 is 26.7.